The summed E-state index contributed by atoms with van der Waals surface area (Å²) in [6.45, 7) is 1.21. The number of thiazole rings is 1. The average Bonchev–Trinajstić information content (AvgIpc) is 3.16. The molecule has 0 saturated carbocycles. The maximum absolute atomic E-state index is 13.6. The molecule has 6 nitrogen and oxygen atoms in total. The fourth-order valence-corrected chi connectivity index (χ4v) is 6.19. The van der Waals surface area contributed by atoms with Crippen molar-refractivity contribution in [3.63, 3.8) is 0 Å². The maximum atomic E-state index is 13.6. The Bertz CT molecular complexity index is 949. The summed E-state index contributed by atoms with van der Waals surface area (Å²) < 4.78 is 25.5. The largest absolute Gasteiger partial charge is 0.283 e. The second kappa shape index (κ2) is 8.53. The molecule has 1 amide bonds. The van der Waals surface area contributed by atoms with Gasteiger partial charge in [-0.1, -0.05) is 30.3 Å². The third-order valence-corrected chi connectivity index (χ3v) is 8.17. The number of anilines is 1. The lowest BCUT2D eigenvalue weighted by molar-refractivity contribution is -0.123. The van der Waals surface area contributed by atoms with Crippen molar-refractivity contribution in [1.29, 1.82) is 0 Å². The van der Waals surface area contributed by atoms with Gasteiger partial charge in [0.15, 0.2) is 5.13 Å². The highest BCUT2D eigenvalue weighted by atomic mass is 32.2. The monoisotopic (exact) mass is 433 g/mol. The van der Waals surface area contributed by atoms with Gasteiger partial charge in [0.05, 0.1) is 24.4 Å². The highest BCUT2D eigenvalue weighted by Gasteiger charge is 2.34. The first-order valence-corrected chi connectivity index (χ1v) is 12.9. The molecule has 2 heterocycles. The van der Waals surface area contributed by atoms with Crippen LogP contribution in [0.15, 0.2) is 30.3 Å². The number of aryl methyl sites for hydroxylation is 2. The molecular formula is C21H27N3O3S2. The van der Waals surface area contributed by atoms with E-state index in [0.29, 0.717) is 25.9 Å². The molecule has 4 rings (SSSR count). The summed E-state index contributed by atoms with van der Waals surface area (Å²) in [7, 11) is -3.29. The third kappa shape index (κ3) is 4.70. The fourth-order valence-electron chi connectivity index (χ4n) is 4.13. The van der Waals surface area contributed by atoms with Crippen molar-refractivity contribution in [2.24, 2.45) is 5.92 Å². The van der Waals surface area contributed by atoms with E-state index in [1.807, 2.05) is 30.3 Å². The highest BCUT2D eigenvalue weighted by molar-refractivity contribution is 7.88. The van der Waals surface area contributed by atoms with Crippen molar-refractivity contribution >= 4 is 32.4 Å². The van der Waals surface area contributed by atoms with E-state index in [1.54, 1.807) is 16.2 Å². The number of nitrogens with zero attached hydrogens (tertiary/aromatic N) is 3. The van der Waals surface area contributed by atoms with E-state index in [0.717, 1.165) is 35.7 Å². The lowest BCUT2D eigenvalue weighted by atomic mass is 9.98. The van der Waals surface area contributed by atoms with E-state index in [1.165, 1.54) is 21.9 Å². The van der Waals surface area contributed by atoms with E-state index >= 15 is 0 Å². The van der Waals surface area contributed by atoms with Crippen molar-refractivity contribution in [3.05, 3.63) is 46.5 Å². The van der Waals surface area contributed by atoms with Crippen LogP contribution < -0.4 is 4.90 Å². The van der Waals surface area contributed by atoms with Crippen LogP contribution in [0, 0.1) is 5.92 Å². The Labute approximate surface area is 176 Å². The molecule has 1 aromatic heterocycles. The Kier molecular flexibility index (Phi) is 6.03. The molecule has 1 fully saturated rings. The smallest absolute Gasteiger partial charge is 0.233 e. The van der Waals surface area contributed by atoms with Gasteiger partial charge >= 0.3 is 0 Å². The molecule has 0 spiro atoms. The number of benzene rings is 1. The average molecular weight is 434 g/mol. The number of hydrogen-bond donors (Lipinski definition) is 0. The second-order valence-electron chi connectivity index (χ2n) is 7.94. The van der Waals surface area contributed by atoms with Gasteiger partial charge in [0, 0.05) is 18.0 Å². The zero-order chi connectivity index (χ0) is 20.4. The molecule has 2 aromatic rings. The highest BCUT2D eigenvalue weighted by Crippen LogP contribution is 2.34. The van der Waals surface area contributed by atoms with Crippen LogP contribution in [-0.2, 0) is 34.2 Å². The summed E-state index contributed by atoms with van der Waals surface area (Å²) in [5.41, 5.74) is 2.17. The van der Waals surface area contributed by atoms with Crippen molar-refractivity contribution < 1.29 is 13.2 Å². The second-order valence-corrected chi connectivity index (χ2v) is 11.0. The fraction of sp³-hybridized carbons (Fsp3) is 0.524. The normalized spacial score (nSPS) is 20.2. The molecule has 2 aliphatic rings. The number of hydrogen-bond acceptors (Lipinski definition) is 5. The molecule has 0 N–H and O–H groups in total. The van der Waals surface area contributed by atoms with Crippen LogP contribution in [0.1, 0.15) is 41.8 Å². The Morgan fingerprint density at radius 3 is 2.69 bits per heavy atom. The van der Waals surface area contributed by atoms with Gasteiger partial charge < -0.3 is 0 Å². The van der Waals surface area contributed by atoms with E-state index < -0.39 is 10.0 Å². The van der Waals surface area contributed by atoms with Gasteiger partial charge in [-0.25, -0.2) is 17.7 Å². The Morgan fingerprint density at radius 1 is 1.21 bits per heavy atom. The topological polar surface area (TPSA) is 70.6 Å². The number of carbonyl (C=O) groups is 1. The Hall–Kier alpha value is -1.77. The van der Waals surface area contributed by atoms with Crippen LogP contribution in [0.5, 0.6) is 0 Å². The molecule has 1 unspecified atom stereocenters. The van der Waals surface area contributed by atoms with Gasteiger partial charge in [-0.2, -0.15) is 0 Å². The predicted molar refractivity (Wildman–Crippen MR) is 116 cm³/mol. The molecule has 0 radical (unpaired) electrons. The molecule has 29 heavy (non-hydrogen) atoms. The first-order valence-electron chi connectivity index (χ1n) is 10.2. The van der Waals surface area contributed by atoms with Gasteiger partial charge in [-0.05, 0) is 44.1 Å². The van der Waals surface area contributed by atoms with Gasteiger partial charge in [0.1, 0.15) is 0 Å². The molecule has 1 saturated heterocycles. The van der Waals surface area contributed by atoms with Gasteiger partial charge in [-0.3, -0.25) is 9.69 Å². The Morgan fingerprint density at radius 2 is 1.97 bits per heavy atom. The molecule has 156 valence electrons. The molecule has 8 heteroatoms. The first kappa shape index (κ1) is 20.5. The van der Waals surface area contributed by atoms with Crippen LogP contribution in [0.4, 0.5) is 5.13 Å². The van der Waals surface area contributed by atoms with Crippen LogP contribution >= 0.6 is 11.3 Å². The number of piperidine rings is 1. The Balaban J connectivity index is 1.62. The molecule has 1 atom stereocenters. The molecule has 1 aromatic carbocycles. The lowest BCUT2D eigenvalue weighted by Crippen LogP contribution is -2.46. The van der Waals surface area contributed by atoms with Gasteiger partial charge in [0.25, 0.3) is 0 Å². The minimum Gasteiger partial charge on any atom is -0.283 e. The lowest BCUT2D eigenvalue weighted by Gasteiger charge is -2.33. The molecule has 0 bridgehead atoms. The van der Waals surface area contributed by atoms with Crippen LogP contribution in [0.3, 0.4) is 0 Å². The minimum atomic E-state index is -3.29. The predicted octanol–water partition coefficient (Wildman–Crippen LogP) is 3.23. The van der Waals surface area contributed by atoms with Crippen LogP contribution in [0.25, 0.3) is 0 Å². The zero-order valence-electron chi connectivity index (χ0n) is 16.7. The summed E-state index contributed by atoms with van der Waals surface area (Å²) in [5.74, 6) is -0.351. The zero-order valence-corrected chi connectivity index (χ0v) is 18.3. The number of amides is 1. The minimum absolute atomic E-state index is 0.0201. The molecule has 1 aliphatic heterocycles. The summed E-state index contributed by atoms with van der Waals surface area (Å²) in [5, 5.41) is 0.752. The number of fused-ring (bicyclic) bond motifs is 1. The number of carbonyl (C=O) groups excluding carboxylic acids is 1. The SMILES string of the molecule is CS(=O)(=O)N1CCCC(C(=O)N(Cc2ccccc2)c2nc3c(s2)CCCC3)C1. The first-order chi connectivity index (χ1) is 13.9. The third-order valence-electron chi connectivity index (χ3n) is 5.72. The quantitative estimate of drug-likeness (QED) is 0.726. The number of rotatable bonds is 5. The summed E-state index contributed by atoms with van der Waals surface area (Å²) in [6.07, 6.45) is 6.97. The van der Waals surface area contributed by atoms with Gasteiger partial charge in [-0.15, -0.1) is 11.3 Å². The van der Waals surface area contributed by atoms with Gasteiger partial charge in [0.2, 0.25) is 15.9 Å². The summed E-state index contributed by atoms with van der Waals surface area (Å²) >= 11 is 1.62. The molecular weight excluding hydrogens is 406 g/mol. The van der Waals surface area contributed by atoms with Crippen molar-refractivity contribution in [2.45, 2.75) is 45.1 Å². The maximum Gasteiger partial charge on any atom is 0.233 e. The van der Waals surface area contributed by atoms with E-state index in [2.05, 4.69) is 0 Å². The molecule has 1 aliphatic carbocycles. The summed E-state index contributed by atoms with van der Waals surface area (Å²) in [4.78, 5) is 21.5. The van der Waals surface area contributed by atoms with E-state index in [4.69, 9.17) is 4.98 Å². The van der Waals surface area contributed by atoms with Crippen molar-refractivity contribution in [1.82, 2.24) is 9.29 Å². The standard InChI is InChI=1S/C21H27N3O3S2/c1-29(26,27)23-13-7-10-17(15-23)20(25)24(14-16-8-3-2-4-9-16)21-22-18-11-5-6-12-19(18)28-21/h2-4,8-9,17H,5-7,10-15H2,1H3. The van der Waals surface area contributed by atoms with E-state index in [9.17, 15) is 13.2 Å². The van der Waals surface area contributed by atoms with Crippen LogP contribution in [-0.4, -0.2) is 43.0 Å². The van der Waals surface area contributed by atoms with Crippen molar-refractivity contribution in [3.8, 4) is 0 Å². The number of aromatic nitrogens is 1. The number of sulfonamides is 1. The summed E-state index contributed by atoms with van der Waals surface area (Å²) in [6, 6.07) is 9.92. The van der Waals surface area contributed by atoms with Crippen molar-refractivity contribution in [2.75, 3.05) is 24.2 Å². The van der Waals surface area contributed by atoms with E-state index in [-0.39, 0.29) is 18.4 Å². The van der Waals surface area contributed by atoms with Crippen LogP contribution in [0.2, 0.25) is 0 Å².